The maximum atomic E-state index is 4.24. The third-order valence-corrected chi connectivity index (χ3v) is 2.10. The molecule has 0 aliphatic heterocycles. The van der Waals surface area contributed by atoms with Crippen molar-refractivity contribution in [3.8, 4) is 11.4 Å². The molecule has 0 saturated carbocycles. The fourth-order valence-electron chi connectivity index (χ4n) is 1.49. The minimum absolute atomic E-state index is 0.203. The summed E-state index contributed by atoms with van der Waals surface area (Å²) in [4.78, 5) is 4.24. The quantitative estimate of drug-likeness (QED) is 0.774. The summed E-state index contributed by atoms with van der Waals surface area (Å²) in [6, 6.07) is 5.78. The lowest BCUT2D eigenvalue weighted by Gasteiger charge is -2.16. The topological polar surface area (TPSA) is 43.6 Å². The summed E-state index contributed by atoms with van der Waals surface area (Å²) < 4.78 is 1.87. The molecule has 16 heavy (non-hydrogen) atoms. The molecule has 0 fully saturated rings. The van der Waals surface area contributed by atoms with E-state index in [1.807, 2.05) is 29.1 Å². The van der Waals surface area contributed by atoms with Crippen molar-refractivity contribution in [1.29, 1.82) is 0 Å². The number of pyridine rings is 1. The Kier molecular flexibility index (Phi) is 2.73. The molecule has 0 saturated heterocycles. The highest BCUT2D eigenvalue weighted by Crippen LogP contribution is 2.17. The number of rotatable bonds is 2. The van der Waals surface area contributed by atoms with Crippen LogP contribution in [0.25, 0.3) is 11.4 Å². The van der Waals surface area contributed by atoms with E-state index in [1.165, 1.54) is 0 Å². The normalized spacial score (nSPS) is 11.7. The molecule has 2 rings (SSSR count). The molecule has 2 aromatic heterocycles. The molecule has 0 amide bonds. The van der Waals surface area contributed by atoms with E-state index in [0.717, 1.165) is 17.9 Å². The summed E-state index contributed by atoms with van der Waals surface area (Å²) in [6.07, 6.45) is 3.70. The van der Waals surface area contributed by atoms with Crippen LogP contribution in [0.4, 0.5) is 0 Å². The number of aromatic nitrogens is 4. The van der Waals surface area contributed by atoms with Crippen LogP contribution in [0.3, 0.4) is 0 Å². The molecule has 0 aromatic carbocycles. The smallest absolute Gasteiger partial charge is 0.131 e. The summed E-state index contributed by atoms with van der Waals surface area (Å²) in [7, 11) is 0. The molecular weight excluding hydrogens is 200 g/mol. The van der Waals surface area contributed by atoms with Crippen LogP contribution in [-0.2, 0) is 6.54 Å². The largest absolute Gasteiger partial charge is 0.254 e. The Balaban J connectivity index is 2.21. The number of nitrogens with zero attached hydrogens (tertiary/aromatic N) is 4. The molecule has 0 spiro atoms. The highest BCUT2D eigenvalue weighted by Gasteiger charge is 2.13. The molecule has 4 nitrogen and oxygen atoms in total. The van der Waals surface area contributed by atoms with Crippen molar-refractivity contribution in [1.82, 2.24) is 20.0 Å². The van der Waals surface area contributed by atoms with Crippen molar-refractivity contribution in [2.45, 2.75) is 27.3 Å². The lowest BCUT2D eigenvalue weighted by molar-refractivity contribution is 0.321. The fourth-order valence-corrected chi connectivity index (χ4v) is 1.49. The van der Waals surface area contributed by atoms with Gasteiger partial charge in [0, 0.05) is 12.7 Å². The van der Waals surface area contributed by atoms with Crippen LogP contribution in [0.5, 0.6) is 0 Å². The Labute approximate surface area is 95.3 Å². The first-order valence-corrected chi connectivity index (χ1v) is 5.36. The van der Waals surface area contributed by atoms with Gasteiger partial charge < -0.3 is 0 Å². The Bertz CT molecular complexity index is 453. The summed E-state index contributed by atoms with van der Waals surface area (Å²) in [5, 5.41) is 8.23. The lowest BCUT2D eigenvalue weighted by Crippen LogP contribution is -2.15. The van der Waals surface area contributed by atoms with E-state index in [2.05, 4.69) is 36.1 Å². The van der Waals surface area contributed by atoms with Gasteiger partial charge in [-0.05, 0) is 17.5 Å². The van der Waals surface area contributed by atoms with Gasteiger partial charge in [0.25, 0.3) is 0 Å². The van der Waals surface area contributed by atoms with Crippen molar-refractivity contribution >= 4 is 0 Å². The van der Waals surface area contributed by atoms with Gasteiger partial charge in [-0.25, -0.2) is 0 Å². The van der Waals surface area contributed by atoms with Gasteiger partial charge in [-0.15, -0.1) is 5.10 Å². The first-order valence-electron chi connectivity index (χ1n) is 5.36. The van der Waals surface area contributed by atoms with Gasteiger partial charge in [0.1, 0.15) is 5.69 Å². The van der Waals surface area contributed by atoms with Crippen LogP contribution < -0.4 is 0 Å². The standard InChI is InChI=1S/C12H16N4/c1-12(2,3)9-16-8-11(14-15-16)10-6-4-5-7-13-10/h4-8H,9H2,1-3H3. The zero-order valence-corrected chi connectivity index (χ0v) is 9.88. The Morgan fingerprint density at radius 1 is 1.19 bits per heavy atom. The Morgan fingerprint density at radius 3 is 2.62 bits per heavy atom. The van der Waals surface area contributed by atoms with Crippen molar-refractivity contribution in [2.75, 3.05) is 0 Å². The summed E-state index contributed by atoms with van der Waals surface area (Å²) in [5.74, 6) is 0. The van der Waals surface area contributed by atoms with Crippen LogP contribution in [0.15, 0.2) is 30.6 Å². The first-order chi connectivity index (χ1) is 7.54. The highest BCUT2D eigenvalue weighted by molar-refractivity contribution is 5.51. The molecule has 0 unspecified atom stereocenters. The minimum atomic E-state index is 0.203. The van der Waals surface area contributed by atoms with Gasteiger partial charge in [0.2, 0.25) is 0 Å². The summed E-state index contributed by atoms with van der Waals surface area (Å²) in [5.41, 5.74) is 1.89. The molecule has 4 heteroatoms. The number of hydrogen-bond acceptors (Lipinski definition) is 3. The van der Waals surface area contributed by atoms with Crippen molar-refractivity contribution in [3.05, 3.63) is 30.6 Å². The molecule has 2 heterocycles. The Morgan fingerprint density at radius 2 is 2.00 bits per heavy atom. The second-order valence-corrected chi connectivity index (χ2v) is 5.08. The summed E-state index contributed by atoms with van der Waals surface area (Å²) >= 11 is 0. The maximum absolute atomic E-state index is 4.24. The average Bonchev–Trinajstić information content (AvgIpc) is 2.65. The Hall–Kier alpha value is -1.71. The van der Waals surface area contributed by atoms with E-state index in [4.69, 9.17) is 0 Å². The predicted molar refractivity (Wildman–Crippen MR) is 62.7 cm³/mol. The van der Waals surface area contributed by atoms with Gasteiger partial charge in [-0.2, -0.15) is 0 Å². The third kappa shape index (κ3) is 2.66. The van der Waals surface area contributed by atoms with E-state index in [0.29, 0.717) is 0 Å². The van der Waals surface area contributed by atoms with E-state index in [1.54, 1.807) is 6.20 Å². The molecule has 0 atom stereocenters. The van der Waals surface area contributed by atoms with Crippen molar-refractivity contribution < 1.29 is 0 Å². The minimum Gasteiger partial charge on any atom is -0.254 e. The van der Waals surface area contributed by atoms with E-state index < -0.39 is 0 Å². The molecule has 0 N–H and O–H groups in total. The molecule has 0 aliphatic rings. The van der Waals surface area contributed by atoms with E-state index in [-0.39, 0.29) is 5.41 Å². The van der Waals surface area contributed by atoms with E-state index >= 15 is 0 Å². The zero-order chi connectivity index (χ0) is 11.6. The maximum Gasteiger partial charge on any atom is 0.131 e. The SMILES string of the molecule is CC(C)(C)Cn1cc(-c2ccccn2)nn1. The molecule has 0 aliphatic carbocycles. The molecule has 84 valence electrons. The van der Waals surface area contributed by atoms with E-state index in [9.17, 15) is 0 Å². The average molecular weight is 216 g/mol. The number of hydrogen-bond donors (Lipinski definition) is 0. The third-order valence-electron chi connectivity index (χ3n) is 2.10. The van der Waals surface area contributed by atoms with Crippen LogP contribution in [0.2, 0.25) is 0 Å². The summed E-state index contributed by atoms with van der Waals surface area (Å²) in [6.45, 7) is 7.38. The van der Waals surface area contributed by atoms with Gasteiger partial charge in [0.05, 0.1) is 11.9 Å². The van der Waals surface area contributed by atoms with Crippen LogP contribution >= 0.6 is 0 Å². The van der Waals surface area contributed by atoms with Crippen LogP contribution in [-0.4, -0.2) is 20.0 Å². The van der Waals surface area contributed by atoms with Gasteiger partial charge in [0.15, 0.2) is 0 Å². The highest BCUT2D eigenvalue weighted by atomic mass is 15.4. The monoisotopic (exact) mass is 216 g/mol. The first kappa shape index (κ1) is 10.8. The second-order valence-electron chi connectivity index (χ2n) is 5.08. The molecule has 0 radical (unpaired) electrons. The van der Waals surface area contributed by atoms with Gasteiger partial charge >= 0.3 is 0 Å². The second kappa shape index (κ2) is 4.04. The molecular formula is C12H16N4. The van der Waals surface area contributed by atoms with Gasteiger partial charge in [-0.1, -0.05) is 32.1 Å². The lowest BCUT2D eigenvalue weighted by atomic mass is 9.97. The zero-order valence-electron chi connectivity index (χ0n) is 9.88. The predicted octanol–water partition coefficient (Wildman–Crippen LogP) is 2.39. The van der Waals surface area contributed by atoms with Crippen molar-refractivity contribution in [2.24, 2.45) is 5.41 Å². The van der Waals surface area contributed by atoms with Crippen molar-refractivity contribution in [3.63, 3.8) is 0 Å². The molecule has 2 aromatic rings. The van der Waals surface area contributed by atoms with Crippen LogP contribution in [0, 0.1) is 5.41 Å². The van der Waals surface area contributed by atoms with Gasteiger partial charge in [-0.3, -0.25) is 9.67 Å². The van der Waals surface area contributed by atoms with Crippen LogP contribution in [0.1, 0.15) is 20.8 Å². The fraction of sp³-hybridized carbons (Fsp3) is 0.417. The molecule has 0 bridgehead atoms.